The van der Waals surface area contributed by atoms with Crippen molar-refractivity contribution >= 4 is 6.16 Å². The number of benzene rings is 2. The third-order valence-corrected chi connectivity index (χ3v) is 4.18. The van der Waals surface area contributed by atoms with Crippen LogP contribution in [-0.2, 0) is 22.6 Å². The summed E-state index contributed by atoms with van der Waals surface area (Å²) in [5.41, 5.74) is 2.47. The highest BCUT2D eigenvalue weighted by atomic mass is 16.8. The molecule has 0 amide bonds. The maximum atomic E-state index is 11.2. The van der Waals surface area contributed by atoms with Crippen molar-refractivity contribution in [2.24, 2.45) is 0 Å². The second-order valence-electron chi connectivity index (χ2n) is 5.83. The normalized spacial score (nSPS) is 18.5. The molecule has 1 saturated heterocycles. The van der Waals surface area contributed by atoms with Crippen LogP contribution in [0.4, 0.5) is 4.79 Å². The van der Waals surface area contributed by atoms with Crippen LogP contribution in [0.2, 0.25) is 0 Å². The third kappa shape index (κ3) is 4.11. The minimum atomic E-state index is -0.568. The van der Waals surface area contributed by atoms with Crippen molar-refractivity contribution in [1.82, 2.24) is 4.90 Å². The van der Waals surface area contributed by atoms with Gasteiger partial charge in [-0.1, -0.05) is 60.7 Å². The van der Waals surface area contributed by atoms with Crippen molar-refractivity contribution < 1.29 is 14.3 Å². The summed E-state index contributed by atoms with van der Waals surface area (Å²) in [4.78, 5) is 13.6. The van der Waals surface area contributed by atoms with Gasteiger partial charge in [0.25, 0.3) is 0 Å². The average molecular weight is 311 g/mol. The van der Waals surface area contributed by atoms with E-state index < -0.39 is 6.16 Å². The summed E-state index contributed by atoms with van der Waals surface area (Å²) in [5.74, 6) is 0. The zero-order valence-corrected chi connectivity index (χ0v) is 13.2. The second-order valence-corrected chi connectivity index (χ2v) is 5.83. The molecule has 4 nitrogen and oxygen atoms in total. The Balaban J connectivity index is 1.76. The first kappa shape index (κ1) is 15.6. The van der Waals surface area contributed by atoms with Crippen LogP contribution in [0.5, 0.6) is 0 Å². The summed E-state index contributed by atoms with van der Waals surface area (Å²) in [6, 6.07) is 20.7. The van der Waals surface area contributed by atoms with Crippen molar-refractivity contribution in [1.29, 1.82) is 0 Å². The molecular weight excluding hydrogens is 290 g/mol. The van der Waals surface area contributed by atoms with E-state index >= 15 is 0 Å². The van der Waals surface area contributed by atoms with Crippen LogP contribution < -0.4 is 0 Å². The quantitative estimate of drug-likeness (QED) is 0.764. The second kappa shape index (κ2) is 7.29. The summed E-state index contributed by atoms with van der Waals surface area (Å²) in [5, 5.41) is 0. The Bertz CT molecular complexity index is 588. The minimum Gasteiger partial charge on any atom is -0.430 e. The fourth-order valence-electron chi connectivity index (χ4n) is 2.79. The fraction of sp³-hybridized carbons (Fsp3) is 0.316. The van der Waals surface area contributed by atoms with E-state index in [0.29, 0.717) is 6.61 Å². The van der Waals surface area contributed by atoms with Crippen LogP contribution in [0, 0.1) is 0 Å². The molecule has 0 aliphatic carbocycles. The highest BCUT2D eigenvalue weighted by Gasteiger charge is 2.33. The molecule has 120 valence electrons. The van der Waals surface area contributed by atoms with E-state index in [1.165, 1.54) is 11.1 Å². The van der Waals surface area contributed by atoms with Gasteiger partial charge in [0.2, 0.25) is 0 Å². The molecule has 0 spiro atoms. The van der Waals surface area contributed by atoms with E-state index in [2.05, 4.69) is 36.1 Å². The highest BCUT2D eigenvalue weighted by molar-refractivity contribution is 5.62. The van der Waals surface area contributed by atoms with Crippen LogP contribution in [0.15, 0.2) is 60.7 Å². The molecule has 2 aromatic carbocycles. The molecule has 1 aliphatic rings. The molecule has 1 heterocycles. The number of carbonyl (C=O) groups excluding carboxylic acids is 1. The lowest BCUT2D eigenvalue weighted by molar-refractivity contribution is 0.0584. The molecule has 2 atom stereocenters. The number of hydrogen-bond acceptors (Lipinski definition) is 4. The molecule has 0 aromatic heterocycles. The zero-order valence-electron chi connectivity index (χ0n) is 13.2. The number of hydrogen-bond donors (Lipinski definition) is 0. The molecule has 2 aromatic rings. The standard InChI is InChI=1S/C19H21NO3/c1-15(18-14-22-19(21)23-18)20(12-16-8-4-2-5-9-16)13-17-10-6-3-7-11-17/h2-11,15,18H,12-14H2,1H3/t15-,18-/m0/s1. The molecule has 1 fully saturated rings. The van der Waals surface area contributed by atoms with Gasteiger partial charge in [-0.15, -0.1) is 0 Å². The Morgan fingerprint density at radius 1 is 1.00 bits per heavy atom. The Morgan fingerprint density at radius 2 is 1.52 bits per heavy atom. The summed E-state index contributed by atoms with van der Waals surface area (Å²) < 4.78 is 10.2. The first-order chi connectivity index (χ1) is 11.2. The van der Waals surface area contributed by atoms with Gasteiger partial charge in [-0.3, -0.25) is 4.90 Å². The first-order valence-electron chi connectivity index (χ1n) is 7.87. The van der Waals surface area contributed by atoms with Crippen molar-refractivity contribution in [2.45, 2.75) is 32.2 Å². The molecule has 0 saturated carbocycles. The van der Waals surface area contributed by atoms with E-state index in [1.807, 2.05) is 36.4 Å². The van der Waals surface area contributed by atoms with Crippen LogP contribution in [0.3, 0.4) is 0 Å². The van der Waals surface area contributed by atoms with E-state index in [-0.39, 0.29) is 12.1 Å². The molecule has 3 rings (SSSR count). The lowest BCUT2D eigenvalue weighted by Crippen LogP contribution is -2.42. The van der Waals surface area contributed by atoms with Crippen molar-refractivity contribution in [2.75, 3.05) is 6.61 Å². The Hall–Kier alpha value is -2.33. The summed E-state index contributed by atoms with van der Waals surface area (Å²) in [6.07, 6.45) is -0.795. The third-order valence-electron chi connectivity index (χ3n) is 4.18. The SMILES string of the molecule is C[C@@H]([C@@H]1COC(=O)O1)N(Cc1ccccc1)Cc1ccccc1. The Kier molecular flexibility index (Phi) is 4.93. The number of cyclic esters (lactones) is 2. The molecule has 0 bridgehead atoms. The lowest BCUT2D eigenvalue weighted by Gasteiger charge is -2.31. The topological polar surface area (TPSA) is 38.8 Å². The monoisotopic (exact) mass is 311 g/mol. The van der Waals surface area contributed by atoms with Gasteiger partial charge in [0.15, 0.2) is 6.10 Å². The van der Waals surface area contributed by atoms with Gasteiger partial charge in [0, 0.05) is 19.1 Å². The van der Waals surface area contributed by atoms with Crippen LogP contribution in [0.1, 0.15) is 18.1 Å². The predicted molar refractivity (Wildman–Crippen MR) is 87.8 cm³/mol. The Morgan fingerprint density at radius 3 is 1.96 bits per heavy atom. The summed E-state index contributed by atoms with van der Waals surface area (Å²) in [7, 11) is 0. The number of rotatable bonds is 6. The molecule has 0 radical (unpaired) electrons. The molecule has 0 unspecified atom stereocenters. The fourth-order valence-corrected chi connectivity index (χ4v) is 2.79. The van der Waals surface area contributed by atoms with Crippen LogP contribution in [0.25, 0.3) is 0 Å². The minimum absolute atomic E-state index is 0.0712. The van der Waals surface area contributed by atoms with Gasteiger partial charge in [-0.25, -0.2) is 4.79 Å². The van der Waals surface area contributed by atoms with Gasteiger partial charge >= 0.3 is 6.16 Å². The Labute approximate surface area is 136 Å². The van der Waals surface area contributed by atoms with E-state index in [0.717, 1.165) is 13.1 Å². The van der Waals surface area contributed by atoms with E-state index in [9.17, 15) is 4.79 Å². The van der Waals surface area contributed by atoms with Gasteiger partial charge in [0.1, 0.15) is 6.61 Å². The van der Waals surface area contributed by atoms with Gasteiger partial charge in [0.05, 0.1) is 0 Å². The lowest BCUT2D eigenvalue weighted by atomic mass is 10.1. The smallest absolute Gasteiger partial charge is 0.430 e. The van der Waals surface area contributed by atoms with Crippen LogP contribution >= 0.6 is 0 Å². The largest absolute Gasteiger partial charge is 0.508 e. The maximum absolute atomic E-state index is 11.2. The van der Waals surface area contributed by atoms with Crippen LogP contribution in [-0.4, -0.2) is 29.8 Å². The van der Waals surface area contributed by atoms with E-state index in [4.69, 9.17) is 9.47 Å². The van der Waals surface area contributed by atoms with Crippen molar-refractivity contribution in [3.8, 4) is 0 Å². The summed E-state index contributed by atoms with van der Waals surface area (Å²) in [6.45, 7) is 3.99. The first-order valence-corrected chi connectivity index (χ1v) is 7.87. The molecular formula is C19H21NO3. The van der Waals surface area contributed by atoms with Crippen molar-refractivity contribution in [3.63, 3.8) is 0 Å². The van der Waals surface area contributed by atoms with Crippen molar-refractivity contribution in [3.05, 3.63) is 71.8 Å². The number of nitrogens with zero attached hydrogens (tertiary/aromatic N) is 1. The number of carbonyl (C=O) groups is 1. The van der Waals surface area contributed by atoms with E-state index in [1.54, 1.807) is 0 Å². The zero-order chi connectivity index (χ0) is 16.1. The van der Waals surface area contributed by atoms with Gasteiger partial charge in [-0.2, -0.15) is 0 Å². The maximum Gasteiger partial charge on any atom is 0.508 e. The molecule has 4 heteroatoms. The molecule has 1 aliphatic heterocycles. The predicted octanol–water partition coefficient (Wildman–Crippen LogP) is 3.61. The van der Waals surface area contributed by atoms with Gasteiger partial charge < -0.3 is 9.47 Å². The molecule has 23 heavy (non-hydrogen) atoms. The highest BCUT2D eigenvalue weighted by Crippen LogP contribution is 2.20. The number of ether oxygens (including phenoxy) is 2. The summed E-state index contributed by atoms with van der Waals surface area (Å²) >= 11 is 0. The average Bonchev–Trinajstić information content (AvgIpc) is 3.02. The molecule has 0 N–H and O–H groups in total. The van der Waals surface area contributed by atoms with Gasteiger partial charge in [-0.05, 0) is 18.1 Å².